The molecule has 2 heterocycles. The summed E-state index contributed by atoms with van der Waals surface area (Å²) in [5.41, 5.74) is 0.225. The fourth-order valence-electron chi connectivity index (χ4n) is 4.44. The molecule has 1 aromatic rings. The van der Waals surface area contributed by atoms with E-state index in [1.807, 2.05) is 20.8 Å². The molecule has 0 unspecified atom stereocenters. The Morgan fingerprint density at radius 2 is 1.86 bits per heavy atom. The van der Waals surface area contributed by atoms with Crippen molar-refractivity contribution in [2.45, 2.75) is 60.9 Å². The van der Waals surface area contributed by atoms with E-state index in [4.69, 9.17) is 4.52 Å². The Morgan fingerprint density at radius 3 is 2.39 bits per heavy atom. The second-order valence-electron chi connectivity index (χ2n) is 11.6. The fourth-order valence-corrected chi connectivity index (χ4v) is 7.05. The monoisotopic (exact) mass is 542 g/mol. The zero-order chi connectivity index (χ0) is 27.3. The first kappa shape index (κ1) is 28.4. The van der Waals surface area contributed by atoms with Crippen molar-refractivity contribution in [2.24, 2.45) is 15.6 Å². The molecule has 0 spiro atoms. The molecule has 4 N–H and O–H groups in total. The standard InChI is InChI=1S/C24H39N4O6PS/c1-9-34-35(31)17-14-15(27-36(8,32)33)10-11-16(17)25-21(26-35)18-19(29)20(24(5,6)7)28(22(18)30)13-12-23(2,3)4/h10-11,14,20,27,29,31,35H,9,12-13H2,1-8H3,(H,25,26)/t20-/m1/s1. The van der Waals surface area contributed by atoms with Crippen LogP contribution in [0.25, 0.3) is 0 Å². The first-order valence-corrected chi connectivity index (χ1v) is 15.7. The third kappa shape index (κ3) is 6.02. The molecule has 0 aliphatic carbocycles. The molecule has 10 nitrogen and oxygen atoms in total. The summed E-state index contributed by atoms with van der Waals surface area (Å²) in [6.45, 7) is 14.5. The van der Waals surface area contributed by atoms with Crippen LogP contribution in [0.2, 0.25) is 0 Å². The molecule has 36 heavy (non-hydrogen) atoms. The number of aliphatic hydroxyl groups excluding tert-OH is 1. The van der Waals surface area contributed by atoms with Crippen molar-refractivity contribution in [3.63, 3.8) is 0 Å². The first-order valence-electron chi connectivity index (χ1n) is 12.0. The number of hydrogen-bond acceptors (Lipinski definition) is 8. The molecule has 0 bridgehead atoms. The van der Waals surface area contributed by atoms with E-state index in [-0.39, 0.29) is 40.8 Å². The molecule has 0 radical (unpaired) electrons. The van der Waals surface area contributed by atoms with E-state index in [0.717, 1.165) is 12.7 Å². The number of amides is 1. The summed E-state index contributed by atoms with van der Waals surface area (Å²) >= 11 is 0. The Labute approximate surface area is 214 Å². The van der Waals surface area contributed by atoms with Gasteiger partial charge < -0.3 is 0 Å². The molecular weight excluding hydrogens is 503 g/mol. The zero-order valence-electron chi connectivity index (χ0n) is 22.3. The van der Waals surface area contributed by atoms with Crippen LogP contribution in [-0.4, -0.2) is 60.5 Å². The van der Waals surface area contributed by atoms with E-state index in [1.54, 1.807) is 17.9 Å². The van der Waals surface area contributed by atoms with Crippen LogP contribution in [0.15, 0.2) is 34.3 Å². The van der Waals surface area contributed by atoms with Gasteiger partial charge in [-0.05, 0) is 0 Å². The Kier molecular flexibility index (Phi) is 7.56. The van der Waals surface area contributed by atoms with Crippen molar-refractivity contribution in [1.29, 1.82) is 0 Å². The average molecular weight is 543 g/mol. The van der Waals surface area contributed by atoms with Crippen LogP contribution in [0, 0.1) is 10.8 Å². The number of hydrogen-bond donors (Lipinski definition) is 4. The van der Waals surface area contributed by atoms with Gasteiger partial charge in [0.1, 0.15) is 0 Å². The first-order chi connectivity index (χ1) is 16.4. The Bertz CT molecular complexity index is 1220. The van der Waals surface area contributed by atoms with Gasteiger partial charge in [-0.1, -0.05) is 0 Å². The van der Waals surface area contributed by atoms with Gasteiger partial charge in [0.05, 0.1) is 0 Å². The van der Waals surface area contributed by atoms with E-state index < -0.39 is 29.3 Å². The number of carbonyl (C=O) groups excluding carboxylic acids is 1. The number of amidine groups is 1. The number of fused-ring (bicyclic) bond motifs is 1. The summed E-state index contributed by atoms with van der Waals surface area (Å²) < 4.78 is 36.0. The van der Waals surface area contributed by atoms with Crippen LogP contribution in [0.4, 0.5) is 11.4 Å². The number of aliphatic hydroxyl groups is 1. The van der Waals surface area contributed by atoms with Gasteiger partial charge >= 0.3 is 214 Å². The summed E-state index contributed by atoms with van der Waals surface area (Å²) in [6.07, 6.45) is 1.77. The second kappa shape index (κ2) is 9.59. The molecule has 2 aliphatic rings. The molecule has 1 amide bonds. The van der Waals surface area contributed by atoms with Crippen molar-refractivity contribution in [3.05, 3.63) is 29.5 Å². The predicted octanol–water partition coefficient (Wildman–Crippen LogP) is 3.54. The van der Waals surface area contributed by atoms with Crippen LogP contribution in [0.1, 0.15) is 54.9 Å². The molecule has 3 rings (SSSR count). The minimum absolute atomic E-state index is 0.0125. The number of benzene rings is 1. The van der Waals surface area contributed by atoms with Gasteiger partial charge in [-0.3, -0.25) is 0 Å². The van der Waals surface area contributed by atoms with Crippen LogP contribution < -0.4 is 15.3 Å². The van der Waals surface area contributed by atoms with E-state index in [9.17, 15) is 23.2 Å². The SMILES string of the molecule is CCO[PH]1(O)N=C(C2=C(O)[C@H](C(C)(C)C)N(CCC(C)(C)C)C2=O)Nc2ccc(NS(C)(=O)=O)cc21. The maximum absolute atomic E-state index is 13.7. The summed E-state index contributed by atoms with van der Waals surface area (Å²) in [6, 6.07) is 4.04. The number of nitrogens with zero attached hydrogens (tertiary/aromatic N) is 2. The third-order valence-corrected chi connectivity index (χ3v) is 8.94. The second-order valence-corrected chi connectivity index (χ2v) is 15.6. The van der Waals surface area contributed by atoms with Gasteiger partial charge in [-0.2, -0.15) is 0 Å². The van der Waals surface area contributed by atoms with Crippen molar-refractivity contribution < 1.29 is 27.7 Å². The summed E-state index contributed by atoms with van der Waals surface area (Å²) in [5.74, 6) is -0.419. The molecular formula is C24H39N4O6PS. The summed E-state index contributed by atoms with van der Waals surface area (Å²) in [4.78, 5) is 26.9. The van der Waals surface area contributed by atoms with Gasteiger partial charge in [0.2, 0.25) is 0 Å². The van der Waals surface area contributed by atoms with E-state index in [2.05, 4.69) is 35.6 Å². The molecule has 0 aromatic heterocycles. The Morgan fingerprint density at radius 1 is 1.22 bits per heavy atom. The van der Waals surface area contributed by atoms with Crippen LogP contribution in [0.3, 0.4) is 0 Å². The maximum atomic E-state index is 13.7. The molecule has 0 fully saturated rings. The fraction of sp³-hybridized carbons (Fsp3) is 0.583. The minimum atomic E-state index is -4.02. The number of carbonyl (C=O) groups is 1. The summed E-state index contributed by atoms with van der Waals surface area (Å²) in [5, 5.41) is 14.7. The third-order valence-electron chi connectivity index (χ3n) is 6.00. The molecule has 2 aliphatic heterocycles. The van der Waals surface area contributed by atoms with Crippen molar-refractivity contribution >= 4 is 46.3 Å². The molecule has 0 saturated carbocycles. The summed E-state index contributed by atoms with van der Waals surface area (Å²) in [7, 11) is -7.56. The normalized spacial score (nSPS) is 21.1. The van der Waals surface area contributed by atoms with Crippen molar-refractivity contribution in [2.75, 3.05) is 29.4 Å². The molecule has 202 valence electrons. The number of anilines is 2. The van der Waals surface area contributed by atoms with E-state index in [0.29, 0.717) is 17.5 Å². The van der Waals surface area contributed by atoms with Gasteiger partial charge in [0.15, 0.2) is 0 Å². The number of rotatable bonds is 7. The van der Waals surface area contributed by atoms with Gasteiger partial charge in [-0.15, -0.1) is 0 Å². The quantitative estimate of drug-likeness (QED) is 0.386. The molecule has 12 heteroatoms. The zero-order valence-corrected chi connectivity index (χ0v) is 24.1. The van der Waals surface area contributed by atoms with Gasteiger partial charge in [-0.25, -0.2) is 0 Å². The Hall–Kier alpha value is -2.20. The van der Waals surface area contributed by atoms with Crippen molar-refractivity contribution in [1.82, 2.24) is 4.90 Å². The van der Waals surface area contributed by atoms with Crippen LogP contribution in [-0.2, 0) is 19.3 Å². The van der Waals surface area contributed by atoms with E-state index >= 15 is 0 Å². The molecule has 1 atom stereocenters. The predicted molar refractivity (Wildman–Crippen MR) is 146 cm³/mol. The van der Waals surface area contributed by atoms with Gasteiger partial charge in [0, 0.05) is 0 Å². The molecule has 1 aromatic carbocycles. The molecule has 0 saturated heterocycles. The van der Waals surface area contributed by atoms with Crippen LogP contribution in [0.5, 0.6) is 0 Å². The van der Waals surface area contributed by atoms with Crippen molar-refractivity contribution in [3.8, 4) is 0 Å². The Balaban J connectivity index is 2.09. The van der Waals surface area contributed by atoms with Gasteiger partial charge in [0.25, 0.3) is 0 Å². The average Bonchev–Trinajstić information content (AvgIpc) is 2.95. The number of sulfonamides is 1. The van der Waals surface area contributed by atoms with E-state index in [1.165, 1.54) is 12.1 Å². The van der Waals surface area contributed by atoms with Crippen LogP contribution >= 0.6 is 7.87 Å². The topological polar surface area (TPSA) is 141 Å². The number of nitrogens with one attached hydrogen (secondary N) is 2.